The molecule has 0 fully saturated rings. The van der Waals surface area contributed by atoms with Crippen molar-refractivity contribution in [3.63, 3.8) is 0 Å². The molecule has 1 heterocycles. The van der Waals surface area contributed by atoms with Gasteiger partial charge in [-0.05, 0) is 23.1 Å². The predicted octanol–water partition coefficient (Wildman–Crippen LogP) is 3.61. The molecule has 0 saturated carbocycles. The molecule has 0 saturated heterocycles. The van der Waals surface area contributed by atoms with E-state index in [1.807, 2.05) is 6.20 Å². The lowest BCUT2D eigenvalue weighted by atomic mass is 9.87. The summed E-state index contributed by atoms with van der Waals surface area (Å²) in [6, 6.07) is 8.77. The summed E-state index contributed by atoms with van der Waals surface area (Å²) in [5.41, 5.74) is 8.35. The van der Waals surface area contributed by atoms with Crippen LogP contribution in [-0.2, 0) is 11.8 Å². The van der Waals surface area contributed by atoms with E-state index in [9.17, 15) is 0 Å². The first-order valence-corrected chi connectivity index (χ1v) is 7.08. The summed E-state index contributed by atoms with van der Waals surface area (Å²) >= 11 is 1.73. The fraction of sp³-hybridized carbons (Fsp3) is 0.400. The molecule has 0 aliphatic heterocycles. The van der Waals surface area contributed by atoms with E-state index in [0.717, 1.165) is 11.4 Å². The molecule has 0 atom stereocenters. The standard InChI is InChI=1S/C15H20N2S/c1-15(2,3)12-6-4-11(5-7-12)13-10-17-14(18-13)8-9-16/h4-7,10H,8-9,16H2,1-3H3. The number of rotatable bonds is 3. The van der Waals surface area contributed by atoms with E-state index in [2.05, 4.69) is 50.0 Å². The molecule has 0 aliphatic rings. The SMILES string of the molecule is CC(C)(C)c1ccc(-c2cnc(CCN)s2)cc1. The van der Waals surface area contributed by atoms with E-state index in [1.165, 1.54) is 16.0 Å². The van der Waals surface area contributed by atoms with Crippen molar-refractivity contribution in [2.24, 2.45) is 5.73 Å². The van der Waals surface area contributed by atoms with Crippen LogP contribution < -0.4 is 5.73 Å². The summed E-state index contributed by atoms with van der Waals surface area (Å²) < 4.78 is 0. The predicted molar refractivity (Wildman–Crippen MR) is 79.0 cm³/mol. The lowest BCUT2D eigenvalue weighted by Gasteiger charge is -2.18. The number of aromatic nitrogens is 1. The van der Waals surface area contributed by atoms with E-state index < -0.39 is 0 Å². The van der Waals surface area contributed by atoms with Gasteiger partial charge in [-0.15, -0.1) is 11.3 Å². The van der Waals surface area contributed by atoms with Crippen LogP contribution in [0.4, 0.5) is 0 Å². The van der Waals surface area contributed by atoms with Crippen LogP contribution in [0, 0.1) is 0 Å². The highest BCUT2D eigenvalue weighted by Gasteiger charge is 2.13. The van der Waals surface area contributed by atoms with Crippen LogP contribution in [0.5, 0.6) is 0 Å². The van der Waals surface area contributed by atoms with Crippen molar-refractivity contribution in [1.29, 1.82) is 0 Å². The molecular weight excluding hydrogens is 240 g/mol. The van der Waals surface area contributed by atoms with Crippen LogP contribution >= 0.6 is 11.3 Å². The van der Waals surface area contributed by atoms with E-state index in [-0.39, 0.29) is 5.41 Å². The maximum atomic E-state index is 5.54. The van der Waals surface area contributed by atoms with Gasteiger partial charge in [0.05, 0.1) is 9.88 Å². The largest absolute Gasteiger partial charge is 0.330 e. The van der Waals surface area contributed by atoms with Crippen LogP contribution in [0.3, 0.4) is 0 Å². The number of benzene rings is 1. The molecular formula is C15H20N2S. The quantitative estimate of drug-likeness (QED) is 0.915. The molecule has 0 bridgehead atoms. The van der Waals surface area contributed by atoms with Gasteiger partial charge >= 0.3 is 0 Å². The Kier molecular flexibility index (Phi) is 3.83. The highest BCUT2D eigenvalue weighted by molar-refractivity contribution is 7.15. The fourth-order valence-electron chi connectivity index (χ4n) is 1.82. The molecule has 2 nitrogen and oxygen atoms in total. The molecule has 0 spiro atoms. The Morgan fingerprint density at radius 2 is 1.83 bits per heavy atom. The van der Waals surface area contributed by atoms with Gasteiger partial charge in [-0.25, -0.2) is 4.98 Å². The van der Waals surface area contributed by atoms with Crippen LogP contribution in [0.1, 0.15) is 31.3 Å². The Balaban J connectivity index is 2.23. The zero-order chi connectivity index (χ0) is 13.2. The summed E-state index contributed by atoms with van der Waals surface area (Å²) in [6.45, 7) is 7.35. The first kappa shape index (κ1) is 13.2. The Morgan fingerprint density at radius 1 is 1.17 bits per heavy atom. The number of thiazole rings is 1. The summed E-state index contributed by atoms with van der Waals surface area (Å²) in [5.74, 6) is 0. The maximum Gasteiger partial charge on any atom is 0.0943 e. The molecule has 1 aromatic carbocycles. The molecule has 0 unspecified atom stereocenters. The highest BCUT2D eigenvalue weighted by Crippen LogP contribution is 2.29. The van der Waals surface area contributed by atoms with Crippen LogP contribution in [-0.4, -0.2) is 11.5 Å². The van der Waals surface area contributed by atoms with E-state index in [0.29, 0.717) is 6.54 Å². The normalized spacial score (nSPS) is 11.8. The van der Waals surface area contributed by atoms with Crippen molar-refractivity contribution in [2.45, 2.75) is 32.6 Å². The topological polar surface area (TPSA) is 38.9 Å². The number of nitrogens with two attached hydrogens (primary N) is 1. The van der Waals surface area contributed by atoms with Crippen molar-refractivity contribution < 1.29 is 0 Å². The van der Waals surface area contributed by atoms with Crippen molar-refractivity contribution >= 4 is 11.3 Å². The average molecular weight is 260 g/mol. The summed E-state index contributed by atoms with van der Waals surface area (Å²) in [6.07, 6.45) is 2.81. The molecule has 2 N–H and O–H groups in total. The van der Waals surface area contributed by atoms with Crippen LogP contribution in [0.25, 0.3) is 10.4 Å². The average Bonchev–Trinajstić information content (AvgIpc) is 2.77. The molecule has 0 radical (unpaired) electrons. The van der Waals surface area contributed by atoms with E-state index in [1.54, 1.807) is 11.3 Å². The summed E-state index contributed by atoms with van der Waals surface area (Å²) in [7, 11) is 0. The third kappa shape index (κ3) is 2.98. The molecule has 0 amide bonds. The molecule has 2 rings (SSSR count). The fourth-order valence-corrected chi connectivity index (χ4v) is 2.76. The smallest absolute Gasteiger partial charge is 0.0943 e. The van der Waals surface area contributed by atoms with Gasteiger partial charge in [0.2, 0.25) is 0 Å². The van der Waals surface area contributed by atoms with Gasteiger partial charge in [0.25, 0.3) is 0 Å². The minimum Gasteiger partial charge on any atom is -0.330 e. The highest BCUT2D eigenvalue weighted by atomic mass is 32.1. The molecule has 18 heavy (non-hydrogen) atoms. The van der Waals surface area contributed by atoms with E-state index in [4.69, 9.17) is 5.73 Å². The maximum absolute atomic E-state index is 5.54. The second kappa shape index (κ2) is 5.21. The molecule has 0 aliphatic carbocycles. The minimum absolute atomic E-state index is 0.205. The minimum atomic E-state index is 0.205. The van der Waals surface area contributed by atoms with Crippen molar-refractivity contribution in [3.05, 3.63) is 41.0 Å². The number of nitrogens with zero attached hydrogens (tertiary/aromatic N) is 1. The summed E-state index contributed by atoms with van der Waals surface area (Å²) in [5, 5.41) is 1.12. The lowest BCUT2D eigenvalue weighted by molar-refractivity contribution is 0.590. The first-order chi connectivity index (χ1) is 8.50. The Bertz CT molecular complexity index is 506. The second-order valence-corrected chi connectivity index (χ2v) is 6.60. The third-order valence-corrected chi connectivity index (χ3v) is 4.05. The van der Waals surface area contributed by atoms with Crippen LogP contribution in [0.2, 0.25) is 0 Å². The molecule has 2 aromatic rings. The van der Waals surface area contributed by atoms with Gasteiger partial charge in [0.1, 0.15) is 0 Å². The molecule has 3 heteroatoms. The monoisotopic (exact) mass is 260 g/mol. The lowest BCUT2D eigenvalue weighted by Crippen LogP contribution is -2.10. The second-order valence-electron chi connectivity index (χ2n) is 5.48. The third-order valence-electron chi connectivity index (χ3n) is 2.95. The number of hydrogen-bond acceptors (Lipinski definition) is 3. The van der Waals surface area contributed by atoms with Crippen LogP contribution in [0.15, 0.2) is 30.5 Å². The zero-order valence-electron chi connectivity index (χ0n) is 11.2. The number of hydrogen-bond donors (Lipinski definition) is 1. The molecule has 1 aromatic heterocycles. The zero-order valence-corrected chi connectivity index (χ0v) is 12.1. The van der Waals surface area contributed by atoms with Gasteiger partial charge < -0.3 is 5.73 Å². The van der Waals surface area contributed by atoms with Gasteiger partial charge in [0, 0.05) is 12.6 Å². The van der Waals surface area contributed by atoms with Crippen molar-refractivity contribution in [1.82, 2.24) is 4.98 Å². The van der Waals surface area contributed by atoms with Crippen molar-refractivity contribution in [2.75, 3.05) is 6.54 Å². The Labute approximate surface area is 113 Å². The summed E-state index contributed by atoms with van der Waals surface area (Å²) in [4.78, 5) is 5.61. The Morgan fingerprint density at radius 3 is 2.39 bits per heavy atom. The van der Waals surface area contributed by atoms with E-state index >= 15 is 0 Å². The molecule has 96 valence electrons. The van der Waals surface area contributed by atoms with Gasteiger partial charge in [-0.2, -0.15) is 0 Å². The van der Waals surface area contributed by atoms with Gasteiger partial charge in [-0.3, -0.25) is 0 Å². The van der Waals surface area contributed by atoms with Crippen molar-refractivity contribution in [3.8, 4) is 10.4 Å². The Hall–Kier alpha value is -1.19. The van der Waals surface area contributed by atoms with Gasteiger partial charge in [0.15, 0.2) is 0 Å². The first-order valence-electron chi connectivity index (χ1n) is 6.26. The van der Waals surface area contributed by atoms with Gasteiger partial charge in [-0.1, -0.05) is 45.0 Å².